The summed E-state index contributed by atoms with van der Waals surface area (Å²) in [4.78, 5) is 2.91. The fourth-order valence-electron chi connectivity index (χ4n) is 3.89. The van der Waals surface area contributed by atoms with Gasteiger partial charge in [0.1, 0.15) is 5.75 Å². The Bertz CT molecular complexity index is 1190. The van der Waals surface area contributed by atoms with Crippen LogP contribution in [-0.2, 0) is 22.7 Å². The summed E-state index contributed by atoms with van der Waals surface area (Å²) in [5.74, 6) is 2.15. The molecule has 7 heteroatoms. The molecule has 0 fully saturated rings. The fourth-order valence-corrected chi connectivity index (χ4v) is 5.46. The van der Waals surface area contributed by atoms with Crippen LogP contribution in [0.5, 0.6) is 17.2 Å². The largest absolute Gasteiger partial charge is 0.494 e. The molecule has 0 saturated carbocycles. The molecule has 35 heavy (non-hydrogen) atoms. The number of nitrogens with zero attached hydrogens (tertiary/aromatic N) is 1. The SMILES string of the molecule is CCc1ccccc1S(=O)(=O)c1ccc(OCCCN(C)CCc2ccc(OC)c(OC)c2)cc1. The number of sulfone groups is 1. The first kappa shape index (κ1) is 26.6. The van der Waals surface area contributed by atoms with Crippen molar-refractivity contribution in [2.24, 2.45) is 0 Å². The monoisotopic (exact) mass is 497 g/mol. The summed E-state index contributed by atoms with van der Waals surface area (Å²) < 4.78 is 42.6. The van der Waals surface area contributed by atoms with Gasteiger partial charge in [-0.2, -0.15) is 0 Å². The van der Waals surface area contributed by atoms with E-state index in [1.807, 2.05) is 31.2 Å². The van der Waals surface area contributed by atoms with Crippen molar-refractivity contribution in [2.75, 3.05) is 41.0 Å². The maximum absolute atomic E-state index is 13.0. The smallest absolute Gasteiger partial charge is 0.206 e. The lowest BCUT2D eigenvalue weighted by Crippen LogP contribution is -2.23. The molecule has 0 aliphatic rings. The number of hydrogen-bond donors (Lipinski definition) is 0. The van der Waals surface area contributed by atoms with Crippen LogP contribution in [0, 0.1) is 0 Å². The molecule has 3 rings (SSSR count). The third kappa shape index (κ3) is 6.99. The number of rotatable bonds is 13. The molecule has 0 unspecified atom stereocenters. The molecule has 0 spiro atoms. The average molecular weight is 498 g/mol. The van der Waals surface area contributed by atoms with Crippen molar-refractivity contribution < 1.29 is 22.6 Å². The quantitative estimate of drug-likeness (QED) is 0.308. The van der Waals surface area contributed by atoms with Gasteiger partial charge in [-0.15, -0.1) is 0 Å². The van der Waals surface area contributed by atoms with Crippen molar-refractivity contribution in [2.45, 2.75) is 36.0 Å². The first-order chi connectivity index (χ1) is 16.9. The number of hydrogen-bond acceptors (Lipinski definition) is 6. The van der Waals surface area contributed by atoms with E-state index in [-0.39, 0.29) is 4.90 Å². The molecule has 0 aliphatic heterocycles. The Balaban J connectivity index is 1.45. The summed E-state index contributed by atoms with van der Waals surface area (Å²) >= 11 is 0. The van der Waals surface area contributed by atoms with E-state index in [9.17, 15) is 8.42 Å². The van der Waals surface area contributed by atoms with Crippen LogP contribution < -0.4 is 14.2 Å². The minimum absolute atomic E-state index is 0.278. The zero-order chi connectivity index (χ0) is 25.3. The molecule has 0 heterocycles. The summed E-state index contributed by atoms with van der Waals surface area (Å²) in [7, 11) is 1.82. The van der Waals surface area contributed by atoms with Gasteiger partial charge >= 0.3 is 0 Å². The summed E-state index contributed by atoms with van der Waals surface area (Å²) in [6, 6.07) is 19.8. The molecule has 0 N–H and O–H groups in total. The van der Waals surface area contributed by atoms with Gasteiger partial charge in [0, 0.05) is 13.1 Å². The second kappa shape index (κ2) is 12.6. The lowest BCUT2D eigenvalue weighted by atomic mass is 10.1. The second-order valence-corrected chi connectivity index (χ2v) is 10.3. The highest BCUT2D eigenvalue weighted by molar-refractivity contribution is 7.91. The first-order valence-corrected chi connectivity index (χ1v) is 13.3. The predicted molar refractivity (Wildman–Crippen MR) is 139 cm³/mol. The summed E-state index contributed by atoms with van der Waals surface area (Å²) in [6.07, 6.45) is 2.44. The minimum Gasteiger partial charge on any atom is -0.494 e. The Hall–Kier alpha value is -3.03. The third-order valence-electron chi connectivity index (χ3n) is 5.96. The van der Waals surface area contributed by atoms with Crippen molar-refractivity contribution in [3.8, 4) is 17.2 Å². The number of ether oxygens (including phenoxy) is 3. The zero-order valence-corrected chi connectivity index (χ0v) is 21.8. The Kier molecular flexibility index (Phi) is 9.57. The van der Waals surface area contributed by atoms with Gasteiger partial charge in [-0.1, -0.05) is 31.2 Å². The summed E-state index contributed by atoms with van der Waals surface area (Å²) in [6.45, 7) is 4.33. The Morgan fingerprint density at radius 2 is 1.57 bits per heavy atom. The van der Waals surface area contributed by atoms with E-state index in [0.717, 1.165) is 43.0 Å². The van der Waals surface area contributed by atoms with Crippen LogP contribution in [0.25, 0.3) is 0 Å². The van der Waals surface area contributed by atoms with Crippen molar-refractivity contribution in [3.05, 3.63) is 77.9 Å². The number of likely N-dealkylation sites (N-methyl/N-ethyl adjacent to an activating group) is 1. The highest BCUT2D eigenvalue weighted by atomic mass is 32.2. The highest BCUT2D eigenvalue weighted by Gasteiger charge is 2.20. The van der Waals surface area contributed by atoms with Crippen LogP contribution in [0.4, 0.5) is 0 Å². The van der Waals surface area contributed by atoms with E-state index in [1.165, 1.54) is 5.56 Å². The minimum atomic E-state index is -3.55. The molecule has 0 aromatic heterocycles. The zero-order valence-electron chi connectivity index (χ0n) is 21.0. The van der Waals surface area contributed by atoms with Gasteiger partial charge in [0.2, 0.25) is 9.84 Å². The molecule has 6 nitrogen and oxygen atoms in total. The molecule has 3 aromatic rings. The van der Waals surface area contributed by atoms with Crippen molar-refractivity contribution in [3.63, 3.8) is 0 Å². The summed E-state index contributed by atoms with van der Waals surface area (Å²) in [5, 5.41) is 0. The van der Waals surface area contributed by atoms with Crippen LogP contribution in [-0.4, -0.2) is 54.3 Å². The molecule has 0 bridgehead atoms. The van der Waals surface area contributed by atoms with Crippen LogP contribution >= 0.6 is 0 Å². The van der Waals surface area contributed by atoms with Crippen LogP contribution in [0.2, 0.25) is 0 Å². The van der Waals surface area contributed by atoms with E-state index in [4.69, 9.17) is 14.2 Å². The molecule has 0 saturated heterocycles. The van der Waals surface area contributed by atoms with Gasteiger partial charge in [-0.05, 0) is 79.9 Å². The van der Waals surface area contributed by atoms with Crippen LogP contribution in [0.15, 0.2) is 76.5 Å². The van der Waals surface area contributed by atoms with Gasteiger partial charge in [0.15, 0.2) is 11.5 Å². The molecule has 3 aromatic carbocycles. The van der Waals surface area contributed by atoms with Crippen molar-refractivity contribution in [1.29, 1.82) is 0 Å². The molecule has 0 aliphatic carbocycles. The predicted octanol–water partition coefficient (Wildman–Crippen LogP) is 5.04. The molecule has 0 radical (unpaired) electrons. The molecule has 188 valence electrons. The fraction of sp³-hybridized carbons (Fsp3) is 0.357. The maximum atomic E-state index is 13.0. The Morgan fingerprint density at radius 3 is 2.26 bits per heavy atom. The number of aryl methyl sites for hydroxylation is 1. The lowest BCUT2D eigenvalue weighted by Gasteiger charge is -2.17. The Labute approximate surface area is 209 Å². The van der Waals surface area contributed by atoms with E-state index in [2.05, 4.69) is 18.0 Å². The maximum Gasteiger partial charge on any atom is 0.206 e. The molecule has 0 atom stereocenters. The van der Waals surface area contributed by atoms with E-state index >= 15 is 0 Å². The highest BCUT2D eigenvalue weighted by Crippen LogP contribution is 2.28. The second-order valence-electron chi connectivity index (χ2n) is 8.38. The lowest BCUT2D eigenvalue weighted by molar-refractivity contribution is 0.264. The van der Waals surface area contributed by atoms with E-state index < -0.39 is 9.84 Å². The topological polar surface area (TPSA) is 65.1 Å². The van der Waals surface area contributed by atoms with Crippen molar-refractivity contribution >= 4 is 9.84 Å². The Morgan fingerprint density at radius 1 is 0.857 bits per heavy atom. The summed E-state index contributed by atoms with van der Waals surface area (Å²) in [5.41, 5.74) is 2.02. The normalized spacial score (nSPS) is 11.5. The van der Waals surface area contributed by atoms with Gasteiger partial charge in [-0.3, -0.25) is 0 Å². The number of methoxy groups -OCH3 is 2. The third-order valence-corrected chi connectivity index (χ3v) is 7.83. The first-order valence-electron chi connectivity index (χ1n) is 11.8. The van der Waals surface area contributed by atoms with Gasteiger partial charge < -0.3 is 19.1 Å². The van der Waals surface area contributed by atoms with E-state index in [1.54, 1.807) is 50.6 Å². The molecular weight excluding hydrogens is 462 g/mol. The molecule has 0 amide bonds. The average Bonchev–Trinajstić information content (AvgIpc) is 2.89. The van der Waals surface area contributed by atoms with Crippen LogP contribution in [0.3, 0.4) is 0 Å². The molecular formula is C28H35NO5S. The van der Waals surface area contributed by atoms with Gasteiger partial charge in [0.05, 0.1) is 30.6 Å². The van der Waals surface area contributed by atoms with Gasteiger partial charge in [0.25, 0.3) is 0 Å². The standard InChI is InChI=1S/C28H35NO5S/c1-5-23-9-6-7-10-28(23)35(30,31)25-14-12-24(13-15-25)34-20-8-18-29(2)19-17-22-11-16-26(32-3)27(21-22)33-4/h6-7,9-16,21H,5,8,17-20H2,1-4H3. The van der Waals surface area contributed by atoms with E-state index in [0.29, 0.717) is 23.7 Å². The van der Waals surface area contributed by atoms with Crippen LogP contribution in [0.1, 0.15) is 24.5 Å². The number of benzene rings is 3. The van der Waals surface area contributed by atoms with Gasteiger partial charge in [-0.25, -0.2) is 8.42 Å². The van der Waals surface area contributed by atoms with Crippen molar-refractivity contribution in [1.82, 2.24) is 4.90 Å².